The van der Waals surface area contributed by atoms with Crippen LogP contribution in [0.3, 0.4) is 0 Å². The average Bonchev–Trinajstić information content (AvgIpc) is 3.08. The van der Waals surface area contributed by atoms with Crippen molar-refractivity contribution in [3.63, 3.8) is 0 Å². The Balaban J connectivity index is 1.50. The lowest BCUT2D eigenvalue weighted by Crippen LogP contribution is -2.01. The molecule has 0 aromatic carbocycles. The molecule has 5 nitrogen and oxygen atoms in total. The maximum atomic E-state index is 10.3. The Morgan fingerprint density at radius 1 is 1.33 bits per heavy atom. The molecular weight excluding hydrogens is 250 g/mol. The summed E-state index contributed by atoms with van der Waals surface area (Å²) in [6.07, 6.45) is 6.64. The van der Waals surface area contributed by atoms with Crippen molar-refractivity contribution in [1.29, 1.82) is 0 Å². The van der Waals surface area contributed by atoms with Crippen LogP contribution in [0.4, 0.5) is 5.13 Å². The Morgan fingerprint density at radius 2 is 2.11 bits per heavy atom. The Bertz CT molecular complexity index is 390. The highest BCUT2D eigenvalue weighted by atomic mass is 32.1. The minimum Gasteiger partial charge on any atom is -0.481 e. The number of nitrogens with zero attached hydrogens (tertiary/aromatic N) is 2. The second-order valence-corrected chi connectivity index (χ2v) is 5.47. The van der Waals surface area contributed by atoms with E-state index in [4.69, 9.17) is 5.11 Å². The Hall–Kier alpha value is -1.17. The van der Waals surface area contributed by atoms with Gasteiger partial charge >= 0.3 is 5.97 Å². The zero-order valence-electron chi connectivity index (χ0n) is 10.4. The number of unbranched alkanes of at least 4 members (excludes halogenated alkanes) is 3. The third-order valence-corrected chi connectivity index (χ3v) is 3.66. The molecule has 18 heavy (non-hydrogen) atoms. The van der Waals surface area contributed by atoms with Crippen LogP contribution >= 0.6 is 11.5 Å². The smallest absolute Gasteiger partial charge is 0.303 e. The van der Waals surface area contributed by atoms with Gasteiger partial charge in [0.1, 0.15) is 5.82 Å². The van der Waals surface area contributed by atoms with E-state index in [0.717, 1.165) is 43.2 Å². The first kappa shape index (κ1) is 13.3. The molecule has 1 aromatic rings. The summed E-state index contributed by atoms with van der Waals surface area (Å²) in [7, 11) is 0. The molecule has 1 aliphatic carbocycles. The number of carboxylic acid groups (broad SMARTS) is 1. The summed E-state index contributed by atoms with van der Waals surface area (Å²) >= 11 is 1.44. The van der Waals surface area contributed by atoms with E-state index in [2.05, 4.69) is 14.7 Å². The van der Waals surface area contributed by atoms with Crippen molar-refractivity contribution in [3.8, 4) is 0 Å². The number of carbonyl (C=O) groups is 1. The van der Waals surface area contributed by atoms with Crippen molar-refractivity contribution < 1.29 is 9.90 Å². The number of aromatic nitrogens is 2. The lowest BCUT2D eigenvalue weighted by Gasteiger charge is -2.01. The fourth-order valence-corrected chi connectivity index (χ4v) is 2.43. The van der Waals surface area contributed by atoms with E-state index in [9.17, 15) is 4.79 Å². The highest BCUT2D eigenvalue weighted by Gasteiger charge is 2.27. The van der Waals surface area contributed by atoms with Crippen molar-refractivity contribution in [2.45, 2.75) is 50.9 Å². The van der Waals surface area contributed by atoms with Crippen molar-refractivity contribution in [3.05, 3.63) is 5.82 Å². The predicted molar refractivity (Wildman–Crippen MR) is 71.1 cm³/mol. The van der Waals surface area contributed by atoms with E-state index in [1.54, 1.807) is 0 Å². The predicted octanol–water partition coefficient (Wildman–Crippen LogP) is 2.86. The fraction of sp³-hybridized carbons (Fsp3) is 0.750. The van der Waals surface area contributed by atoms with E-state index in [1.807, 2.05) is 0 Å². The highest BCUT2D eigenvalue weighted by Crippen LogP contribution is 2.39. The molecule has 0 saturated heterocycles. The summed E-state index contributed by atoms with van der Waals surface area (Å²) in [5, 5.41) is 12.7. The van der Waals surface area contributed by atoms with Gasteiger partial charge in [-0.05, 0) is 25.7 Å². The zero-order chi connectivity index (χ0) is 12.8. The van der Waals surface area contributed by atoms with Gasteiger partial charge in [0.15, 0.2) is 0 Å². The van der Waals surface area contributed by atoms with Gasteiger partial charge in [0.05, 0.1) is 0 Å². The summed E-state index contributed by atoms with van der Waals surface area (Å²) in [5.41, 5.74) is 0. The second-order valence-electron chi connectivity index (χ2n) is 4.72. The van der Waals surface area contributed by atoms with Gasteiger partial charge in [0.2, 0.25) is 5.13 Å². The second kappa shape index (κ2) is 6.68. The van der Waals surface area contributed by atoms with Gasteiger partial charge in [-0.25, -0.2) is 4.98 Å². The lowest BCUT2D eigenvalue weighted by atomic mass is 10.1. The summed E-state index contributed by atoms with van der Waals surface area (Å²) < 4.78 is 4.33. The van der Waals surface area contributed by atoms with Crippen LogP contribution in [-0.2, 0) is 4.79 Å². The first-order chi connectivity index (χ1) is 8.75. The topological polar surface area (TPSA) is 75.1 Å². The van der Waals surface area contributed by atoms with Crippen LogP contribution in [0.1, 0.15) is 56.7 Å². The summed E-state index contributed by atoms with van der Waals surface area (Å²) in [4.78, 5) is 14.8. The molecule has 1 heterocycles. The van der Waals surface area contributed by atoms with E-state index < -0.39 is 5.97 Å². The molecule has 0 bridgehead atoms. The number of hydrogen-bond donors (Lipinski definition) is 2. The van der Waals surface area contributed by atoms with Crippen molar-refractivity contribution in [2.75, 3.05) is 11.9 Å². The third-order valence-electron chi connectivity index (χ3n) is 2.98. The fourth-order valence-electron chi connectivity index (χ4n) is 1.76. The third kappa shape index (κ3) is 4.60. The lowest BCUT2D eigenvalue weighted by molar-refractivity contribution is -0.137. The molecule has 0 amide bonds. The van der Waals surface area contributed by atoms with Gasteiger partial charge < -0.3 is 10.4 Å². The molecule has 1 fully saturated rings. The average molecular weight is 269 g/mol. The molecule has 0 atom stereocenters. The summed E-state index contributed by atoms with van der Waals surface area (Å²) in [5.74, 6) is 0.923. The summed E-state index contributed by atoms with van der Waals surface area (Å²) in [6, 6.07) is 0. The molecule has 0 spiro atoms. The SMILES string of the molecule is O=C(O)CCCCCCNc1nc(C2CC2)ns1. The number of anilines is 1. The number of aliphatic carboxylic acids is 1. The standard InChI is InChI=1S/C12H19N3O2S/c16-10(17)5-3-1-2-4-8-13-12-14-11(15-18-12)9-6-7-9/h9H,1-8H2,(H,16,17)(H,13,14,15). The molecule has 0 radical (unpaired) electrons. The molecule has 1 saturated carbocycles. The number of rotatable bonds is 9. The Kier molecular flexibility index (Phi) is 4.92. The molecule has 2 rings (SSSR count). The van der Waals surface area contributed by atoms with Gasteiger partial charge in [-0.1, -0.05) is 12.8 Å². The van der Waals surface area contributed by atoms with Crippen LogP contribution in [0.2, 0.25) is 0 Å². The maximum Gasteiger partial charge on any atom is 0.303 e. The van der Waals surface area contributed by atoms with Crippen LogP contribution in [0.15, 0.2) is 0 Å². The van der Waals surface area contributed by atoms with Gasteiger partial charge in [0, 0.05) is 30.4 Å². The van der Waals surface area contributed by atoms with Crippen LogP contribution in [0.5, 0.6) is 0 Å². The molecule has 2 N–H and O–H groups in total. The molecule has 0 unspecified atom stereocenters. The highest BCUT2D eigenvalue weighted by molar-refractivity contribution is 7.09. The van der Waals surface area contributed by atoms with E-state index in [1.165, 1.54) is 24.4 Å². The Morgan fingerprint density at radius 3 is 2.83 bits per heavy atom. The van der Waals surface area contributed by atoms with Gasteiger partial charge in [-0.2, -0.15) is 4.37 Å². The minimum atomic E-state index is -0.699. The molecule has 6 heteroatoms. The normalized spacial score (nSPS) is 14.7. The van der Waals surface area contributed by atoms with Crippen LogP contribution in [0.25, 0.3) is 0 Å². The number of hydrogen-bond acceptors (Lipinski definition) is 5. The van der Waals surface area contributed by atoms with Gasteiger partial charge in [-0.3, -0.25) is 4.79 Å². The molecule has 1 aliphatic rings. The largest absolute Gasteiger partial charge is 0.481 e. The van der Waals surface area contributed by atoms with Crippen LogP contribution < -0.4 is 5.32 Å². The van der Waals surface area contributed by atoms with E-state index in [-0.39, 0.29) is 6.42 Å². The van der Waals surface area contributed by atoms with Crippen molar-refractivity contribution in [2.24, 2.45) is 0 Å². The quantitative estimate of drug-likeness (QED) is 0.674. The number of nitrogens with one attached hydrogen (secondary N) is 1. The molecular formula is C12H19N3O2S. The van der Waals surface area contributed by atoms with Crippen LogP contribution in [-0.4, -0.2) is 27.0 Å². The van der Waals surface area contributed by atoms with Crippen molar-refractivity contribution >= 4 is 22.6 Å². The van der Waals surface area contributed by atoms with E-state index >= 15 is 0 Å². The molecule has 100 valence electrons. The zero-order valence-corrected chi connectivity index (χ0v) is 11.2. The first-order valence-electron chi connectivity index (χ1n) is 6.55. The monoisotopic (exact) mass is 269 g/mol. The van der Waals surface area contributed by atoms with Crippen molar-refractivity contribution in [1.82, 2.24) is 9.36 Å². The Labute approximate surface area is 111 Å². The molecule has 1 aromatic heterocycles. The minimum absolute atomic E-state index is 0.286. The number of carboxylic acids is 1. The van der Waals surface area contributed by atoms with Gasteiger partial charge in [0.25, 0.3) is 0 Å². The first-order valence-corrected chi connectivity index (χ1v) is 7.32. The maximum absolute atomic E-state index is 10.3. The van der Waals surface area contributed by atoms with Crippen LogP contribution in [0, 0.1) is 0 Å². The summed E-state index contributed by atoms with van der Waals surface area (Å²) in [6.45, 7) is 0.895. The van der Waals surface area contributed by atoms with Gasteiger partial charge in [-0.15, -0.1) is 0 Å². The van der Waals surface area contributed by atoms with E-state index in [0.29, 0.717) is 5.92 Å². The molecule has 0 aliphatic heterocycles.